The minimum Gasteiger partial charge on any atom is -0.380 e. The van der Waals surface area contributed by atoms with E-state index in [4.69, 9.17) is 4.74 Å². The Hall–Kier alpha value is -0.120. The van der Waals surface area contributed by atoms with E-state index < -0.39 is 0 Å². The highest BCUT2D eigenvalue weighted by Gasteiger charge is 2.30. The van der Waals surface area contributed by atoms with Gasteiger partial charge in [-0.2, -0.15) is 0 Å². The average Bonchev–Trinajstić information content (AvgIpc) is 2.51. The van der Waals surface area contributed by atoms with E-state index in [0.717, 1.165) is 32.8 Å². The summed E-state index contributed by atoms with van der Waals surface area (Å²) in [5.74, 6) is 0. The molecule has 0 saturated carbocycles. The number of hydrogen-bond acceptors (Lipinski definition) is 3. The van der Waals surface area contributed by atoms with Crippen LogP contribution in [0, 0.1) is 5.41 Å². The zero-order chi connectivity index (χ0) is 14.3. The van der Waals surface area contributed by atoms with Crippen molar-refractivity contribution in [2.24, 2.45) is 5.41 Å². The topological polar surface area (TPSA) is 24.5 Å². The number of unbranched alkanes of at least 4 members (excludes halogenated alkanes) is 1. The molecule has 0 bridgehead atoms. The number of nitrogens with one attached hydrogen (secondary N) is 1. The van der Waals surface area contributed by atoms with Gasteiger partial charge in [-0.1, -0.05) is 34.1 Å². The van der Waals surface area contributed by atoms with Crippen molar-refractivity contribution in [2.45, 2.75) is 66.0 Å². The molecular weight excluding hydrogens is 236 g/mol. The van der Waals surface area contributed by atoms with Crippen LogP contribution in [0.4, 0.5) is 0 Å². The molecule has 1 heterocycles. The van der Waals surface area contributed by atoms with Crippen molar-refractivity contribution in [3.8, 4) is 0 Å². The first-order chi connectivity index (χ1) is 8.95. The minimum absolute atomic E-state index is 0.325. The first-order valence-electron chi connectivity index (χ1n) is 8.00. The van der Waals surface area contributed by atoms with Crippen LogP contribution in [0.15, 0.2) is 0 Å². The van der Waals surface area contributed by atoms with E-state index in [1.165, 1.54) is 19.3 Å². The molecule has 0 aromatic heterocycles. The lowest BCUT2D eigenvalue weighted by Crippen LogP contribution is -2.48. The molecule has 1 saturated heterocycles. The third-order valence-corrected chi connectivity index (χ3v) is 4.20. The third-order valence-electron chi connectivity index (χ3n) is 4.20. The standard InChI is InChI=1S/C16H34N2O/c1-6-7-11-19-12-10-18-13-15(16(3,4)5)17-9-8-14(18)2/h14-15,17H,6-13H2,1-5H3. The largest absolute Gasteiger partial charge is 0.380 e. The van der Waals surface area contributed by atoms with Gasteiger partial charge in [0.1, 0.15) is 0 Å². The fourth-order valence-electron chi connectivity index (χ4n) is 2.55. The van der Waals surface area contributed by atoms with Crippen LogP contribution in [-0.4, -0.2) is 49.8 Å². The lowest BCUT2D eigenvalue weighted by Gasteiger charge is -2.35. The van der Waals surface area contributed by atoms with E-state index in [2.05, 4.69) is 44.8 Å². The minimum atomic E-state index is 0.325. The maximum Gasteiger partial charge on any atom is 0.0593 e. The second kappa shape index (κ2) is 8.23. The Morgan fingerprint density at radius 3 is 2.63 bits per heavy atom. The van der Waals surface area contributed by atoms with Crippen LogP contribution in [0.3, 0.4) is 0 Å². The van der Waals surface area contributed by atoms with Crippen LogP contribution >= 0.6 is 0 Å². The summed E-state index contributed by atoms with van der Waals surface area (Å²) >= 11 is 0. The Kier molecular flexibility index (Phi) is 7.33. The Morgan fingerprint density at radius 1 is 1.26 bits per heavy atom. The highest BCUT2D eigenvalue weighted by Crippen LogP contribution is 2.23. The molecule has 3 nitrogen and oxygen atoms in total. The van der Waals surface area contributed by atoms with E-state index >= 15 is 0 Å². The van der Waals surface area contributed by atoms with Gasteiger partial charge >= 0.3 is 0 Å². The third kappa shape index (κ3) is 6.24. The molecule has 0 aromatic carbocycles. The van der Waals surface area contributed by atoms with Crippen molar-refractivity contribution in [2.75, 3.05) is 32.8 Å². The lowest BCUT2D eigenvalue weighted by molar-refractivity contribution is 0.0802. The van der Waals surface area contributed by atoms with Crippen LogP contribution in [0.5, 0.6) is 0 Å². The maximum absolute atomic E-state index is 5.72. The molecular formula is C16H34N2O. The normalized spacial score (nSPS) is 26.4. The quantitative estimate of drug-likeness (QED) is 0.751. The van der Waals surface area contributed by atoms with Crippen LogP contribution < -0.4 is 5.32 Å². The molecule has 1 N–H and O–H groups in total. The van der Waals surface area contributed by atoms with Crippen LogP contribution in [-0.2, 0) is 4.74 Å². The highest BCUT2D eigenvalue weighted by atomic mass is 16.5. The summed E-state index contributed by atoms with van der Waals surface area (Å²) in [4.78, 5) is 2.60. The smallest absolute Gasteiger partial charge is 0.0593 e. The molecule has 19 heavy (non-hydrogen) atoms. The molecule has 1 rings (SSSR count). The fourth-order valence-corrected chi connectivity index (χ4v) is 2.55. The molecule has 0 spiro atoms. The molecule has 0 radical (unpaired) electrons. The van der Waals surface area contributed by atoms with Gasteiger partial charge in [-0.3, -0.25) is 4.90 Å². The summed E-state index contributed by atoms with van der Waals surface area (Å²) in [6, 6.07) is 1.24. The second-order valence-electron chi connectivity index (χ2n) is 6.97. The Balaban J connectivity index is 2.39. The van der Waals surface area contributed by atoms with Gasteiger partial charge in [0, 0.05) is 31.8 Å². The summed E-state index contributed by atoms with van der Waals surface area (Å²) in [5, 5.41) is 3.71. The number of hydrogen-bond donors (Lipinski definition) is 1. The van der Waals surface area contributed by atoms with Crippen molar-refractivity contribution in [1.82, 2.24) is 10.2 Å². The summed E-state index contributed by atoms with van der Waals surface area (Å²) < 4.78 is 5.72. The first kappa shape index (κ1) is 16.9. The Bertz CT molecular complexity index is 237. The molecule has 1 aliphatic heterocycles. The molecule has 3 heteroatoms. The first-order valence-corrected chi connectivity index (χ1v) is 8.00. The molecule has 2 unspecified atom stereocenters. The SMILES string of the molecule is CCCCOCCN1CC(C(C)(C)C)NCCC1C. The van der Waals surface area contributed by atoms with Gasteiger partial charge < -0.3 is 10.1 Å². The molecule has 0 amide bonds. The van der Waals surface area contributed by atoms with Crippen LogP contribution in [0.25, 0.3) is 0 Å². The molecule has 114 valence electrons. The predicted molar refractivity (Wildman–Crippen MR) is 82.6 cm³/mol. The van der Waals surface area contributed by atoms with E-state index in [-0.39, 0.29) is 0 Å². The summed E-state index contributed by atoms with van der Waals surface area (Å²) in [6.07, 6.45) is 3.64. The average molecular weight is 270 g/mol. The van der Waals surface area contributed by atoms with Gasteiger partial charge in [0.2, 0.25) is 0 Å². The van der Waals surface area contributed by atoms with Crippen LogP contribution in [0.1, 0.15) is 53.9 Å². The van der Waals surface area contributed by atoms with E-state index in [1.54, 1.807) is 0 Å². The Labute approximate surface area is 120 Å². The van der Waals surface area contributed by atoms with E-state index in [1.807, 2.05) is 0 Å². The lowest BCUT2D eigenvalue weighted by atomic mass is 9.86. The molecule has 0 aliphatic carbocycles. The van der Waals surface area contributed by atoms with Crippen molar-refractivity contribution in [3.63, 3.8) is 0 Å². The van der Waals surface area contributed by atoms with E-state index in [9.17, 15) is 0 Å². The van der Waals surface area contributed by atoms with Crippen LogP contribution in [0.2, 0.25) is 0 Å². The Morgan fingerprint density at radius 2 is 2.00 bits per heavy atom. The zero-order valence-electron chi connectivity index (χ0n) is 13.7. The molecule has 0 aromatic rings. The van der Waals surface area contributed by atoms with Gasteiger partial charge in [-0.05, 0) is 31.7 Å². The van der Waals surface area contributed by atoms with Crippen molar-refractivity contribution in [3.05, 3.63) is 0 Å². The van der Waals surface area contributed by atoms with Crippen molar-refractivity contribution < 1.29 is 4.74 Å². The predicted octanol–water partition coefficient (Wildman–Crippen LogP) is 2.90. The monoisotopic (exact) mass is 270 g/mol. The maximum atomic E-state index is 5.72. The van der Waals surface area contributed by atoms with Gasteiger partial charge in [-0.25, -0.2) is 0 Å². The van der Waals surface area contributed by atoms with Gasteiger partial charge in [0.05, 0.1) is 6.61 Å². The number of ether oxygens (including phenoxy) is 1. The zero-order valence-corrected chi connectivity index (χ0v) is 13.7. The van der Waals surface area contributed by atoms with Gasteiger partial charge in [-0.15, -0.1) is 0 Å². The van der Waals surface area contributed by atoms with Gasteiger partial charge in [0.25, 0.3) is 0 Å². The molecule has 1 fully saturated rings. The number of rotatable bonds is 6. The molecule has 1 aliphatic rings. The second-order valence-corrected chi connectivity index (χ2v) is 6.97. The van der Waals surface area contributed by atoms with Crippen molar-refractivity contribution in [1.29, 1.82) is 0 Å². The summed E-state index contributed by atoms with van der Waals surface area (Å²) in [5.41, 5.74) is 0.325. The number of nitrogens with zero attached hydrogens (tertiary/aromatic N) is 1. The fraction of sp³-hybridized carbons (Fsp3) is 1.00. The summed E-state index contributed by atoms with van der Waals surface area (Å²) in [7, 11) is 0. The van der Waals surface area contributed by atoms with Crippen molar-refractivity contribution >= 4 is 0 Å². The van der Waals surface area contributed by atoms with Gasteiger partial charge in [0.15, 0.2) is 0 Å². The molecule has 2 atom stereocenters. The highest BCUT2D eigenvalue weighted by molar-refractivity contribution is 4.88. The summed E-state index contributed by atoms with van der Waals surface area (Å²) in [6.45, 7) is 16.7. The van der Waals surface area contributed by atoms with E-state index in [0.29, 0.717) is 17.5 Å².